The zero-order valence-corrected chi connectivity index (χ0v) is 13.1. The molecule has 0 N–H and O–H groups in total. The van der Waals surface area contributed by atoms with Crippen LogP contribution in [0.4, 0.5) is 23.7 Å². The topological polar surface area (TPSA) is 46.6 Å². The molecule has 1 aromatic carbocycles. The van der Waals surface area contributed by atoms with Crippen molar-refractivity contribution in [1.82, 2.24) is 0 Å². The molecule has 0 saturated carbocycles. The summed E-state index contributed by atoms with van der Waals surface area (Å²) in [7, 11) is 0. The normalized spacial score (nSPS) is 18.3. The van der Waals surface area contributed by atoms with Gasteiger partial charge >= 0.3 is 12.3 Å². The molecule has 1 aliphatic heterocycles. The number of rotatable bonds is 1. The molecule has 1 atom stereocenters. The minimum Gasteiger partial charge on any atom is -0.443 e. The molecule has 126 valence electrons. The fourth-order valence-electron chi connectivity index (χ4n) is 2.46. The Hall–Kier alpha value is -2.05. The zero-order chi connectivity index (χ0) is 17.4. The Morgan fingerprint density at radius 2 is 1.96 bits per heavy atom. The molecule has 1 heterocycles. The first-order valence-corrected chi connectivity index (χ1v) is 7.20. The van der Waals surface area contributed by atoms with Gasteiger partial charge in [0.25, 0.3) is 0 Å². The average molecular weight is 329 g/mol. The van der Waals surface area contributed by atoms with E-state index >= 15 is 0 Å². The molecule has 2 rings (SSSR count). The summed E-state index contributed by atoms with van der Waals surface area (Å²) in [6, 6.07) is 3.08. The molecule has 23 heavy (non-hydrogen) atoms. The third-order valence-corrected chi connectivity index (χ3v) is 3.49. The third-order valence-electron chi connectivity index (χ3n) is 3.49. The fourth-order valence-corrected chi connectivity index (χ4v) is 2.46. The van der Waals surface area contributed by atoms with E-state index in [0.29, 0.717) is 18.3 Å². The zero-order valence-electron chi connectivity index (χ0n) is 13.1. The van der Waals surface area contributed by atoms with Crippen LogP contribution in [-0.4, -0.2) is 24.5 Å². The van der Waals surface area contributed by atoms with E-state index in [1.54, 1.807) is 20.8 Å². The van der Waals surface area contributed by atoms with Crippen LogP contribution in [0, 0.1) is 0 Å². The Kier molecular flexibility index (Phi) is 4.41. The lowest BCUT2D eigenvalue weighted by Gasteiger charge is -2.34. The Labute approximate surface area is 132 Å². The van der Waals surface area contributed by atoms with Gasteiger partial charge in [-0.25, -0.2) is 4.79 Å². The summed E-state index contributed by atoms with van der Waals surface area (Å²) in [5.74, 6) is -0.522. The summed E-state index contributed by atoms with van der Waals surface area (Å²) in [4.78, 5) is 24.6. The van der Waals surface area contributed by atoms with E-state index in [1.807, 2.05) is 0 Å². The first-order chi connectivity index (χ1) is 10.5. The van der Waals surface area contributed by atoms with Gasteiger partial charge in [0.05, 0.1) is 11.3 Å². The van der Waals surface area contributed by atoms with Crippen LogP contribution in [0.15, 0.2) is 18.2 Å². The van der Waals surface area contributed by atoms with Gasteiger partial charge in [-0.05, 0) is 44.9 Å². The van der Waals surface area contributed by atoms with Crippen LogP contribution in [-0.2, 0) is 15.7 Å². The minimum absolute atomic E-state index is 0.0809. The van der Waals surface area contributed by atoms with Crippen LogP contribution in [0.1, 0.15) is 44.2 Å². The minimum atomic E-state index is -4.53. The van der Waals surface area contributed by atoms with Crippen molar-refractivity contribution in [3.63, 3.8) is 0 Å². The van der Waals surface area contributed by atoms with Crippen molar-refractivity contribution in [1.29, 1.82) is 0 Å². The number of carbonyl (C=O) groups excluding carboxylic acids is 2. The van der Waals surface area contributed by atoms with Gasteiger partial charge in [-0.2, -0.15) is 13.2 Å². The summed E-state index contributed by atoms with van der Waals surface area (Å²) < 4.78 is 44.0. The Balaban J connectivity index is 2.46. The molecule has 1 aromatic rings. The fraction of sp³-hybridized carbons (Fsp3) is 0.500. The predicted octanol–water partition coefficient (Wildman–Crippen LogP) is 4.13. The number of nitrogens with zero attached hydrogens (tertiary/aromatic N) is 1. The lowest BCUT2D eigenvalue weighted by Crippen LogP contribution is -2.41. The standard InChI is InChI=1S/C16H18F3NO3/c1-15(2,3)23-14(22)20-7-6-10(9-21)12-5-4-11(8-13(12)20)16(17,18)19/h4-5,8-10H,6-7H2,1-3H3. The van der Waals surface area contributed by atoms with Gasteiger partial charge in [-0.15, -0.1) is 0 Å². The molecule has 0 fully saturated rings. The maximum absolute atomic E-state index is 12.9. The summed E-state index contributed by atoms with van der Waals surface area (Å²) >= 11 is 0. The van der Waals surface area contributed by atoms with Crippen LogP contribution >= 0.6 is 0 Å². The number of carbonyl (C=O) groups is 2. The Morgan fingerprint density at radius 3 is 2.48 bits per heavy atom. The first kappa shape index (κ1) is 17.3. The number of aldehydes is 1. The second-order valence-corrected chi connectivity index (χ2v) is 6.43. The summed E-state index contributed by atoms with van der Waals surface area (Å²) in [6.45, 7) is 5.16. The first-order valence-electron chi connectivity index (χ1n) is 7.20. The Morgan fingerprint density at radius 1 is 1.30 bits per heavy atom. The molecule has 7 heteroatoms. The largest absolute Gasteiger partial charge is 0.443 e. The van der Waals surface area contributed by atoms with Gasteiger partial charge in [0.2, 0.25) is 0 Å². The van der Waals surface area contributed by atoms with Crippen LogP contribution in [0.2, 0.25) is 0 Å². The van der Waals surface area contributed by atoms with E-state index in [0.717, 1.165) is 17.0 Å². The van der Waals surface area contributed by atoms with Gasteiger partial charge in [0, 0.05) is 12.5 Å². The third kappa shape index (κ3) is 3.83. The number of hydrogen-bond donors (Lipinski definition) is 0. The van der Waals surface area contributed by atoms with Gasteiger partial charge in [0.15, 0.2) is 0 Å². The van der Waals surface area contributed by atoms with Gasteiger partial charge in [-0.3, -0.25) is 4.90 Å². The van der Waals surface area contributed by atoms with Gasteiger partial charge in [-0.1, -0.05) is 6.07 Å². The number of ether oxygens (including phenoxy) is 1. The maximum Gasteiger partial charge on any atom is 0.416 e. The smallest absolute Gasteiger partial charge is 0.416 e. The number of anilines is 1. The highest BCUT2D eigenvalue weighted by atomic mass is 19.4. The van der Waals surface area contributed by atoms with Gasteiger partial charge in [0.1, 0.15) is 11.9 Å². The van der Waals surface area contributed by atoms with Crippen molar-refractivity contribution in [3.05, 3.63) is 29.3 Å². The number of amides is 1. The number of hydrogen-bond acceptors (Lipinski definition) is 3. The number of halogens is 3. The molecule has 1 amide bonds. The predicted molar refractivity (Wildman–Crippen MR) is 78.4 cm³/mol. The van der Waals surface area contributed by atoms with E-state index in [1.165, 1.54) is 6.07 Å². The van der Waals surface area contributed by atoms with E-state index in [2.05, 4.69) is 0 Å². The van der Waals surface area contributed by atoms with Gasteiger partial charge < -0.3 is 9.53 Å². The molecule has 0 aromatic heterocycles. The molecule has 0 spiro atoms. The van der Waals surface area contributed by atoms with E-state index in [9.17, 15) is 22.8 Å². The highest BCUT2D eigenvalue weighted by Gasteiger charge is 2.36. The van der Waals surface area contributed by atoms with Crippen LogP contribution in [0.3, 0.4) is 0 Å². The van der Waals surface area contributed by atoms with Crippen molar-refractivity contribution in [2.24, 2.45) is 0 Å². The molecule has 1 aliphatic rings. The second-order valence-electron chi connectivity index (χ2n) is 6.43. The molecule has 0 saturated heterocycles. The Bertz CT molecular complexity index is 620. The van der Waals surface area contributed by atoms with Crippen molar-refractivity contribution in [2.45, 2.75) is 44.9 Å². The summed E-state index contributed by atoms with van der Waals surface area (Å²) in [6.07, 6.45) is -4.20. The highest BCUT2D eigenvalue weighted by Crippen LogP contribution is 2.39. The van der Waals surface area contributed by atoms with E-state index < -0.39 is 29.4 Å². The monoisotopic (exact) mass is 329 g/mol. The summed E-state index contributed by atoms with van der Waals surface area (Å²) in [5, 5.41) is 0. The molecule has 4 nitrogen and oxygen atoms in total. The lowest BCUT2D eigenvalue weighted by atomic mass is 9.90. The van der Waals surface area contributed by atoms with Crippen LogP contribution < -0.4 is 4.90 Å². The van der Waals surface area contributed by atoms with Crippen molar-refractivity contribution >= 4 is 18.1 Å². The average Bonchev–Trinajstić information content (AvgIpc) is 2.42. The van der Waals surface area contributed by atoms with E-state index in [4.69, 9.17) is 4.74 Å². The van der Waals surface area contributed by atoms with Crippen LogP contribution in [0.5, 0.6) is 0 Å². The van der Waals surface area contributed by atoms with Crippen molar-refractivity contribution < 1.29 is 27.5 Å². The molecule has 0 radical (unpaired) electrons. The molecular weight excluding hydrogens is 311 g/mol. The van der Waals surface area contributed by atoms with Crippen molar-refractivity contribution in [3.8, 4) is 0 Å². The number of alkyl halides is 3. The number of fused-ring (bicyclic) bond motifs is 1. The lowest BCUT2D eigenvalue weighted by molar-refractivity contribution is -0.137. The SMILES string of the molecule is CC(C)(C)OC(=O)N1CCC(C=O)c2ccc(C(F)(F)F)cc21. The second kappa shape index (κ2) is 5.86. The maximum atomic E-state index is 12.9. The summed E-state index contributed by atoms with van der Waals surface area (Å²) in [5.41, 5.74) is -1.14. The molecule has 1 unspecified atom stereocenters. The molecule has 0 bridgehead atoms. The van der Waals surface area contributed by atoms with Crippen LogP contribution in [0.25, 0.3) is 0 Å². The highest BCUT2D eigenvalue weighted by molar-refractivity contribution is 5.91. The molecule has 0 aliphatic carbocycles. The van der Waals surface area contributed by atoms with Crippen molar-refractivity contribution in [2.75, 3.05) is 11.4 Å². The number of benzene rings is 1. The van der Waals surface area contributed by atoms with E-state index in [-0.39, 0.29) is 12.2 Å². The molecular formula is C16H18F3NO3. The quantitative estimate of drug-likeness (QED) is 0.728.